The fourth-order valence-electron chi connectivity index (χ4n) is 2.04. The van der Waals surface area contributed by atoms with E-state index in [1.54, 1.807) is 24.3 Å². The number of carbonyl (C=O) groups is 2. The predicted molar refractivity (Wildman–Crippen MR) is 68.9 cm³/mol. The number of aliphatic hydroxyl groups excluding tert-OH is 1. The van der Waals surface area contributed by atoms with Crippen molar-refractivity contribution < 1.29 is 19.4 Å². The normalized spacial score (nSPS) is 14.1. The molecule has 1 N–H and O–H groups in total. The van der Waals surface area contributed by atoms with Crippen LogP contribution in [0.4, 0.5) is 0 Å². The number of fused-ring (bicyclic) bond motifs is 1. The number of rotatable bonds is 7. The molecule has 1 heterocycles. The highest BCUT2D eigenvalue weighted by Crippen LogP contribution is 2.22. The van der Waals surface area contributed by atoms with Crippen LogP contribution < -0.4 is 0 Å². The van der Waals surface area contributed by atoms with Gasteiger partial charge in [-0.05, 0) is 25.0 Å². The third kappa shape index (κ3) is 3.00. The third-order valence-corrected chi connectivity index (χ3v) is 3.00. The maximum absolute atomic E-state index is 12.0. The summed E-state index contributed by atoms with van der Waals surface area (Å²) in [5.74, 6) is -0.452. The van der Waals surface area contributed by atoms with E-state index in [2.05, 4.69) is 0 Å². The number of imide groups is 1. The van der Waals surface area contributed by atoms with Crippen molar-refractivity contribution in [2.24, 2.45) is 0 Å². The van der Waals surface area contributed by atoms with Crippen LogP contribution in [-0.2, 0) is 4.74 Å². The fourth-order valence-corrected chi connectivity index (χ4v) is 2.04. The highest BCUT2D eigenvalue weighted by atomic mass is 16.5. The Morgan fingerprint density at radius 2 is 1.58 bits per heavy atom. The molecule has 2 rings (SSSR count). The third-order valence-electron chi connectivity index (χ3n) is 3.00. The zero-order chi connectivity index (χ0) is 13.7. The Balaban J connectivity index is 1.83. The summed E-state index contributed by atoms with van der Waals surface area (Å²) in [6, 6.07) is 6.86. The number of ether oxygens (including phenoxy) is 1. The van der Waals surface area contributed by atoms with Gasteiger partial charge in [0.2, 0.25) is 0 Å². The lowest BCUT2D eigenvalue weighted by Gasteiger charge is -2.13. The molecule has 1 aliphatic rings. The number of hydrogen-bond acceptors (Lipinski definition) is 4. The monoisotopic (exact) mass is 263 g/mol. The largest absolute Gasteiger partial charge is 0.396 e. The second kappa shape index (κ2) is 6.45. The Bertz CT molecular complexity index is 437. The molecule has 1 aromatic carbocycles. The quantitative estimate of drug-likeness (QED) is 0.590. The average molecular weight is 263 g/mol. The van der Waals surface area contributed by atoms with Gasteiger partial charge in [0, 0.05) is 26.4 Å². The lowest BCUT2D eigenvalue weighted by atomic mass is 10.1. The van der Waals surface area contributed by atoms with Crippen molar-refractivity contribution in [3.63, 3.8) is 0 Å². The van der Waals surface area contributed by atoms with Gasteiger partial charge in [-0.25, -0.2) is 0 Å². The summed E-state index contributed by atoms with van der Waals surface area (Å²) in [5.41, 5.74) is 0.961. The van der Waals surface area contributed by atoms with Crippen LogP contribution in [0.1, 0.15) is 33.6 Å². The highest BCUT2D eigenvalue weighted by molar-refractivity contribution is 6.21. The van der Waals surface area contributed by atoms with Gasteiger partial charge in [-0.2, -0.15) is 0 Å². The van der Waals surface area contributed by atoms with Gasteiger partial charge >= 0.3 is 0 Å². The number of aliphatic hydroxyl groups is 1. The molecule has 5 heteroatoms. The van der Waals surface area contributed by atoms with Gasteiger partial charge in [0.05, 0.1) is 11.1 Å². The molecule has 0 saturated carbocycles. The van der Waals surface area contributed by atoms with Crippen LogP contribution in [-0.4, -0.2) is 48.2 Å². The standard InChI is InChI=1S/C14H17NO4/c16-8-4-10-19-9-3-7-15-13(17)11-5-1-2-6-12(11)14(15)18/h1-2,5-6,16H,3-4,7-10H2. The van der Waals surface area contributed by atoms with Crippen LogP contribution in [0.25, 0.3) is 0 Å². The SMILES string of the molecule is O=C1c2ccccc2C(=O)N1CCCOCCCO. The van der Waals surface area contributed by atoms with Crippen LogP contribution in [0.15, 0.2) is 24.3 Å². The molecule has 0 atom stereocenters. The summed E-state index contributed by atoms with van der Waals surface area (Å²) >= 11 is 0. The van der Waals surface area contributed by atoms with Gasteiger partial charge < -0.3 is 9.84 Å². The van der Waals surface area contributed by atoms with Gasteiger partial charge in [-0.3, -0.25) is 14.5 Å². The molecule has 1 aromatic rings. The fraction of sp³-hybridized carbons (Fsp3) is 0.429. The lowest BCUT2D eigenvalue weighted by molar-refractivity contribution is 0.0621. The maximum Gasteiger partial charge on any atom is 0.261 e. The molecule has 5 nitrogen and oxygen atoms in total. The Hall–Kier alpha value is -1.72. The number of carbonyl (C=O) groups excluding carboxylic acids is 2. The molecule has 0 aromatic heterocycles. The first-order chi connectivity index (χ1) is 9.25. The summed E-state index contributed by atoms with van der Waals surface area (Å²) < 4.78 is 5.27. The molecule has 0 radical (unpaired) electrons. The Morgan fingerprint density at radius 1 is 1.00 bits per heavy atom. The smallest absolute Gasteiger partial charge is 0.261 e. The van der Waals surface area contributed by atoms with E-state index in [4.69, 9.17) is 9.84 Å². The zero-order valence-corrected chi connectivity index (χ0v) is 10.7. The number of amides is 2. The number of nitrogens with zero attached hydrogens (tertiary/aromatic N) is 1. The minimum absolute atomic E-state index is 0.110. The van der Waals surface area contributed by atoms with E-state index < -0.39 is 0 Å². The van der Waals surface area contributed by atoms with E-state index >= 15 is 0 Å². The minimum Gasteiger partial charge on any atom is -0.396 e. The molecule has 102 valence electrons. The molecule has 1 aliphatic heterocycles. The first-order valence-electron chi connectivity index (χ1n) is 6.39. The first kappa shape index (κ1) is 13.7. The molecule has 0 aliphatic carbocycles. The van der Waals surface area contributed by atoms with Crippen LogP contribution in [0.5, 0.6) is 0 Å². The second-order valence-corrected chi connectivity index (χ2v) is 4.35. The topological polar surface area (TPSA) is 66.8 Å². The van der Waals surface area contributed by atoms with Crippen molar-refractivity contribution in [1.82, 2.24) is 4.90 Å². The molecule has 0 saturated heterocycles. The molecule has 2 amide bonds. The van der Waals surface area contributed by atoms with Crippen molar-refractivity contribution in [1.29, 1.82) is 0 Å². The van der Waals surface area contributed by atoms with E-state index in [0.29, 0.717) is 43.7 Å². The maximum atomic E-state index is 12.0. The summed E-state index contributed by atoms with van der Waals surface area (Å²) in [4.78, 5) is 25.3. The van der Waals surface area contributed by atoms with Crippen molar-refractivity contribution in [2.45, 2.75) is 12.8 Å². The summed E-state index contributed by atoms with van der Waals surface area (Å²) in [6.07, 6.45) is 1.21. The minimum atomic E-state index is -0.226. The average Bonchev–Trinajstić information content (AvgIpc) is 2.68. The van der Waals surface area contributed by atoms with Crippen LogP contribution in [0.3, 0.4) is 0 Å². The number of benzene rings is 1. The van der Waals surface area contributed by atoms with Crippen LogP contribution in [0, 0.1) is 0 Å². The summed E-state index contributed by atoms with van der Waals surface area (Å²) in [5, 5.41) is 8.59. The van der Waals surface area contributed by atoms with E-state index in [0.717, 1.165) is 0 Å². The van der Waals surface area contributed by atoms with Crippen molar-refractivity contribution in [3.8, 4) is 0 Å². The van der Waals surface area contributed by atoms with Gasteiger partial charge in [0.15, 0.2) is 0 Å². The Morgan fingerprint density at radius 3 is 2.16 bits per heavy atom. The number of hydrogen-bond donors (Lipinski definition) is 1. The molecule has 19 heavy (non-hydrogen) atoms. The lowest BCUT2D eigenvalue weighted by Crippen LogP contribution is -2.31. The van der Waals surface area contributed by atoms with E-state index in [-0.39, 0.29) is 18.4 Å². The Kier molecular flexibility index (Phi) is 4.65. The van der Waals surface area contributed by atoms with Gasteiger partial charge in [-0.15, -0.1) is 0 Å². The molecular weight excluding hydrogens is 246 g/mol. The molecule has 0 fully saturated rings. The van der Waals surface area contributed by atoms with Gasteiger partial charge in [0.1, 0.15) is 0 Å². The zero-order valence-electron chi connectivity index (χ0n) is 10.7. The molecule has 0 unspecified atom stereocenters. The van der Waals surface area contributed by atoms with E-state index in [1.165, 1.54) is 4.90 Å². The second-order valence-electron chi connectivity index (χ2n) is 4.35. The summed E-state index contributed by atoms with van der Waals surface area (Å²) in [7, 11) is 0. The van der Waals surface area contributed by atoms with Crippen molar-refractivity contribution in [3.05, 3.63) is 35.4 Å². The van der Waals surface area contributed by atoms with Crippen LogP contribution in [0.2, 0.25) is 0 Å². The summed E-state index contributed by atoms with van der Waals surface area (Å²) in [6.45, 7) is 1.45. The Labute approximate surface area is 111 Å². The predicted octanol–water partition coefficient (Wildman–Crippen LogP) is 1.07. The van der Waals surface area contributed by atoms with Crippen molar-refractivity contribution >= 4 is 11.8 Å². The molecule has 0 bridgehead atoms. The molecular formula is C14H17NO4. The first-order valence-corrected chi connectivity index (χ1v) is 6.39. The van der Waals surface area contributed by atoms with E-state index in [1.807, 2.05) is 0 Å². The van der Waals surface area contributed by atoms with Gasteiger partial charge in [-0.1, -0.05) is 12.1 Å². The van der Waals surface area contributed by atoms with E-state index in [9.17, 15) is 9.59 Å². The van der Waals surface area contributed by atoms with Crippen LogP contribution >= 0.6 is 0 Å². The van der Waals surface area contributed by atoms with Gasteiger partial charge in [0.25, 0.3) is 11.8 Å². The highest BCUT2D eigenvalue weighted by Gasteiger charge is 2.34. The molecule has 0 spiro atoms. The van der Waals surface area contributed by atoms with Crippen molar-refractivity contribution in [2.75, 3.05) is 26.4 Å².